The molecule has 0 N–H and O–H groups in total. The third-order valence-electron chi connectivity index (χ3n) is 2.21. The largest absolute Gasteiger partial charge is 0.451 e. The number of rotatable bonds is 0. The van der Waals surface area contributed by atoms with Crippen LogP contribution in [0.5, 0.6) is 0 Å². The van der Waals surface area contributed by atoms with E-state index in [2.05, 4.69) is 9.97 Å². The normalized spacial score (nSPS) is 11.4. The molecule has 0 radical (unpaired) electrons. The maximum absolute atomic E-state index is 5.91. The zero-order valence-corrected chi connectivity index (χ0v) is 9.94. The molecule has 0 saturated carbocycles. The highest BCUT2D eigenvalue weighted by molar-refractivity contribution is 6.36. The van der Waals surface area contributed by atoms with E-state index in [1.54, 1.807) is 18.2 Å². The van der Waals surface area contributed by atoms with Crippen molar-refractivity contribution in [1.82, 2.24) is 9.97 Å². The molecule has 0 aliphatic rings. The van der Waals surface area contributed by atoms with E-state index in [1.807, 2.05) is 0 Å². The lowest BCUT2D eigenvalue weighted by Crippen LogP contribution is -1.83. The van der Waals surface area contributed by atoms with Gasteiger partial charge in [0.2, 0.25) is 5.28 Å². The Morgan fingerprint density at radius 3 is 2.69 bits per heavy atom. The third-order valence-corrected chi connectivity index (χ3v) is 2.87. The standard InChI is InChI=1S/C10H3Cl3N2O/c11-4-1-2-6-5(3-4)7-8(16-6)9(12)15-10(13)14-7/h1-3H. The van der Waals surface area contributed by atoms with Gasteiger partial charge >= 0.3 is 0 Å². The van der Waals surface area contributed by atoms with Gasteiger partial charge in [0.25, 0.3) is 0 Å². The Labute approximate surface area is 105 Å². The van der Waals surface area contributed by atoms with Crippen molar-refractivity contribution in [2.45, 2.75) is 0 Å². The highest BCUT2D eigenvalue weighted by Crippen LogP contribution is 2.33. The first kappa shape index (κ1) is 10.1. The van der Waals surface area contributed by atoms with Crippen molar-refractivity contribution in [3.05, 3.63) is 33.7 Å². The summed E-state index contributed by atoms with van der Waals surface area (Å²) in [5.74, 6) is 0. The van der Waals surface area contributed by atoms with Crippen molar-refractivity contribution in [2.75, 3.05) is 0 Å². The minimum atomic E-state index is 0.0835. The molecule has 0 amide bonds. The van der Waals surface area contributed by atoms with Crippen LogP contribution >= 0.6 is 34.8 Å². The topological polar surface area (TPSA) is 38.9 Å². The SMILES string of the molecule is Clc1ccc2oc3c(Cl)nc(Cl)nc3c2c1. The molecular formula is C10H3Cl3N2O. The monoisotopic (exact) mass is 272 g/mol. The molecule has 0 aliphatic carbocycles. The fourth-order valence-corrected chi connectivity index (χ4v) is 2.15. The Morgan fingerprint density at radius 2 is 1.88 bits per heavy atom. The smallest absolute Gasteiger partial charge is 0.224 e. The Bertz CT molecular complexity index is 708. The lowest BCUT2D eigenvalue weighted by Gasteiger charge is -1.92. The highest BCUT2D eigenvalue weighted by Gasteiger charge is 2.13. The van der Waals surface area contributed by atoms with E-state index in [0.717, 1.165) is 5.39 Å². The van der Waals surface area contributed by atoms with E-state index in [-0.39, 0.29) is 10.4 Å². The molecule has 0 atom stereocenters. The van der Waals surface area contributed by atoms with Gasteiger partial charge in [-0.25, -0.2) is 9.97 Å². The van der Waals surface area contributed by atoms with Crippen molar-refractivity contribution in [1.29, 1.82) is 0 Å². The Hall–Kier alpha value is -1.03. The zero-order chi connectivity index (χ0) is 11.3. The summed E-state index contributed by atoms with van der Waals surface area (Å²) in [4.78, 5) is 7.90. The van der Waals surface area contributed by atoms with E-state index < -0.39 is 0 Å². The lowest BCUT2D eigenvalue weighted by atomic mass is 10.2. The summed E-state index contributed by atoms with van der Waals surface area (Å²) >= 11 is 17.6. The number of fused-ring (bicyclic) bond motifs is 3. The van der Waals surface area contributed by atoms with Gasteiger partial charge in [-0.05, 0) is 29.8 Å². The third kappa shape index (κ3) is 1.44. The number of aromatic nitrogens is 2. The molecule has 3 rings (SSSR count). The second kappa shape index (κ2) is 3.48. The summed E-state index contributed by atoms with van der Waals surface area (Å²) in [7, 11) is 0. The van der Waals surface area contributed by atoms with Gasteiger partial charge in [0, 0.05) is 10.4 Å². The van der Waals surface area contributed by atoms with Crippen LogP contribution in [0.3, 0.4) is 0 Å². The Balaban J connectivity index is 2.57. The van der Waals surface area contributed by atoms with E-state index in [0.29, 0.717) is 21.7 Å². The molecule has 0 aliphatic heterocycles. The molecule has 0 bridgehead atoms. The number of nitrogens with zero attached hydrogens (tertiary/aromatic N) is 2. The first-order valence-corrected chi connectivity index (χ1v) is 5.49. The van der Waals surface area contributed by atoms with Crippen LogP contribution in [0.2, 0.25) is 15.5 Å². The highest BCUT2D eigenvalue weighted by atomic mass is 35.5. The van der Waals surface area contributed by atoms with E-state index in [4.69, 9.17) is 39.2 Å². The van der Waals surface area contributed by atoms with Gasteiger partial charge < -0.3 is 4.42 Å². The van der Waals surface area contributed by atoms with E-state index >= 15 is 0 Å². The van der Waals surface area contributed by atoms with Crippen molar-refractivity contribution < 1.29 is 4.42 Å². The van der Waals surface area contributed by atoms with Crippen LogP contribution in [-0.4, -0.2) is 9.97 Å². The zero-order valence-electron chi connectivity index (χ0n) is 7.67. The van der Waals surface area contributed by atoms with Gasteiger partial charge in [0.15, 0.2) is 10.7 Å². The fourth-order valence-electron chi connectivity index (χ4n) is 1.56. The molecule has 0 fully saturated rings. The van der Waals surface area contributed by atoms with Gasteiger partial charge in [-0.15, -0.1) is 0 Å². The lowest BCUT2D eigenvalue weighted by molar-refractivity contribution is 0.666. The molecular weight excluding hydrogens is 270 g/mol. The van der Waals surface area contributed by atoms with Gasteiger partial charge in [-0.1, -0.05) is 23.2 Å². The molecule has 80 valence electrons. The summed E-state index contributed by atoms with van der Waals surface area (Å²) in [6.07, 6.45) is 0. The van der Waals surface area contributed by atoms with Crippen LogP contribution in [0.25, 0.3) is 22.1 Å². The molecule has 3 nitrogen and oxygen atoms in total. The summed E-state index contributed by atoms with van der Waals surface area (Å²) in [6, 6.07) is 5.24. The first-order chi connectivity index (χ1) is 7.65. The fraction of sp³-hybridized carbons (Fsp3) is 0. The van der Waals surface area contributed by atoms with Gasteiger partial charge in [0.1, 0.15) is 11.1 Å². The Morgan fingerprint density at radius 1 is 1.06 bits per heavy atom. The van der Waals surface area contributed by atoms with Gasteiger partial charge in [-0.3, -0.25) is 0 Å². The van der Waals surface area contributed by atoms with Crippen molar-refractivity contribution in [2.24, 2.45) is 0 Å². The van der Waals surface area contributed by atoms with E-state index in [9.17, 15) is 0 Å². The molecule has 2 heterocycles. The number of hydrogen-bond acceptors (Lipinski definition) is 3. The van der Waals surface area contributed by atoms with Crippen LogP contribution < -0.4 is 0 Å². The second-order valence-corrected chi connectivity index (χ2v) is 4.34. The number of halogens is 3. The van der Waals surface area contributed by atoms with Crippen LogP contribution in [0.4, 0.5) is 0 Å². The number of furan rings is 1. The second-order valence-electron chi connectivity index (χ2n) is 3.20. The van der Waals surface area contributed by atoms with E-state index in [1.165, 1.54) is 0 Å². The van der Waals surface area contributed by atoms with Gasteiger partial charge in [0.05, 0.1) is 0 Å². The number of hydrogen-bond donors (Lipinski definition) is 0. The van der Waals surface area contributed by atoms with Crippen molar-refractivity contribution >= 4 is 56.9 Å². The molecule has 0 unspecified atom stereocenters. The average Bonchev–Trinajstić information content (AvgIpc) is 2.57. The van der Waals surface area contributed by atoms with Crippen molar-refractivity contribution in [3.63, 3.8) is 0 Å². The van der Waals surface area contributed by atoms with Crippen LogP contribution in [0, 0.1) is 0 Å². The predicted molar refractivity (Wildman–Crippen MR) is 64.3 cm³/mol. The molecule has 2 aromatic heterocycles. The molecule has 0 spiro atoms. The summed E-state index contributed by atoms with van der Waals surface area (Å²) < 4.78 is 5.52. The minimum absolute atomic E-state index is 0.0835. The maximum atomic E-state index is 5.91. The Kier molecular flexibility index (Phi) is 2.21. The predicted octanol–water partition coefficient (Wildman–Crippen LogP) is 4.34. The molecule has 0 saturated heterocycles. The van der Waals surface area contributed by atoms with Gasteiger partial charge in [-0.2, -0.15) is 0 Å². The number of benzene rings is 1. The first-order valence-electron chi connectivity index (χ1n) is 4.36. The molecule has 16 heavy (non-hydrogen) atoms. The van der Waals surface area contributed by atoms with Crippen LogP contribution in [0.15, 0.2) is 22.6 Å². The molecule has 6 heteroatoms. The summed E-state index contributed by atoms with van der Waals surface area (Å²) in [6.45, 7) is 0. The summed E-state index contributed by atoms with van der Waals surface area (Å²) in [5.41, 5.74) is 1.64. The van der Waals surface area contributed by atoms with Crippen LogP contribution in [0.1, 0.15) is 0 Å². The molecule has 3 aromatic rings. The van der Waals surface area contributed by atoms with Crippen LogP contribution in [-0.2, 0) is 0 Å². The maximum Gasteiger partial charge on any atom is 0.224 e. The average molecular weight is 274 g/mol. The quantitative estimate of drug-likeness (QED) is 0.452. The summed E-state index contributed by atoms with van der Waals surface area (Å²) in [5, 5.41) is 1.65. The van der Waals surface area contributed by atoms with Crippen molar-refractivity contribution in [3.8, 4) is 0 Å². The minimum Gasteiger partial charge on any atom is -0.451 e. The molecule has 1 aromatic carbocycles.